The molecule has 2 atom stereocenters. The van der Waals surface area contributed by atoms with Gasteiger partial charge in [-0.2, -0.15) is 0 Å². The molecule has 1 fully saturated rings. The van der Waals surface area contributed by atoms with Crippen LogP contribution in [-0.2, 0) is 4.74 Å². The molecule has 92 valence electrons. The summed E-state index contributed by atoms with van der Waals surface area (Å²) in [6.45, 7) is 5.80. The summed E-state index contributed by atoms with van der Waals surface area (Å²) in [6, 6.07) is 0.714. The third-order valence-electron chi connectivity index (χ3n) is 4.01. The zero-order valence-electron chi connectivity index (χ0n) is 10.8. The van der Waals surface area contributed by atoms with Gasteiger partial charge in [-0.1, -0.05) is 18.6 Å². The molecule has 0 aromatic rings. The summed E-state index contributed by atoms with van der Waals surface area (Å²) < 4.78 is 5.29. The van der Waals surface area contributed by atoms with Crippen molar-refractivity contribution in [3.8, 4) is 0 Å². The Morgan fingerprint density at radius 3 is 2.75 bits per heavy atom. The van der Waals surface area contributed by atoms with Gasteiger partial charge in [0.2, 0.25) is 0 Å². The molecule has 0 radical (unpaired) electrons. The van der Waals surface area contributed by atoms with E-state index in [1.807, 2.05) is 7.11 Å². The highest BCUT2D eigenvalue weighted by molar-refractivity contribution is 5.06. The van der Waals surface area contributed by atoms with Gasteiger partial charge in [-0.25, -0.2) is 0 Å². The first-order chi connectivity index (χ1) is 7.67. The molecule has 2 unspecified atom stereocenters. The minimum atomic E-state index is 0.518. The smallest absolute Gasteiger partial charge is 0.0601 e. The summed E-state index contributed by atoms with van der Waals surface area (Å²) in [7, 11) is 1.82. The molecule has 0 saturated heterocycles. The van der Waals surface area contributed by atoms with E-state index >= 15 is 0 Å². The Bertz CT molecular complexity index is 255. The summed E-state index contributed by atoms with van der Waals surface area (Å²) in [5, 5.41) is 3.69. The van der Waals surface area contributed by atoms with Crippen molar-refractivity contribution in [2.24, 2.45) is 11.8 Å². The molecule has 0 aliphatic heterocycles. The third kappa shape index (κ3) is 3.08. The van der Waals surface area contributed by atoms with Gasteiger partial charge in [-0.05, 0) is 51.0 Å². The van der Waals surface area contributed by atoms with Crippen molar-refractivity contribution in [2.75, 3.05) is 13.7 Å². The molecular formula is C14H25NO. The van der Waals surface area contributed by atoms with Crippen molar-refractivity contribution in [1.29, 1.82) is 0 Å². The van der Waals surface area contributed by atoms with Gasteiger partial charge in [0.1, 0.15) is 0 Å². The number of nitrogens with one attached hydrogen (secondary N) is 1. The van der Waals surface area contributed by atoms with Gasteiger partial charge in [-0.15, -0.1) is 0 Å². The number of rotatable bonds is 4. The van der Waals surface area contributed by atoms with Crippen LogP contribution in [0.5, 0.6) is 0 Å². The van der Waals surface area contributed by atoms with Gasteiger partial charge in [0.05, 0.1) is 6.10 Å². The maximum absolute atomic E-state index is 5.29. The van der Waals surface area contributed by atoms with Crippen molar-refractivity contribution in [3.05, 3.63) is 11.6 Å². The van der Waals surface area contributed by atoms with Gasteiger partial charge < -0.3 is 10.1 Å². The van der Waals surface area contributed by atoms with E-state index in [1.54, 1.807) is 5.57 Å². The van der Waals surface area contributed by atoms with Crippen LogP contribution in [0.2, 0.25) is 0 Å². The molecule has 2 nitrogen and oxygen atoms in total. The largest absolute Gasteiger partial charge is 0.381 e. The first-order valence-corrected chi connectivity index (χ1v) is 6.61. The van der Waals surface area contributed by atoms with E-state index in [-0.39, 0.29) is 0 Å². The van der Waals surface area contributed by atoms with Gasteiger partial charge >= 0.3 is 0 Å². The average molecular weight is 223 g/mol. The van der Waals surface area contributed by atoms with E-state index in [0.717, 1.165) is 11.8 Å². The number of ether oxygens (including phenoxy) is 1. The molecule has 0 spiro atoms. The number of methoxy groups -OCH3 is 1. The second-order valence-electron chi connectivity index (χ2n) is 5.73. The van der Waals surface area contributed by atoms with Gasteiger partial charge in [0.15, 0.2) is 0 Å². The van der Waals surface area contributed by atoms with Crippen LogP contribution < -0.4 is 5.32 Å². The molecule has 1 N–H and O–H groups in total. The normalized spacial score (nSPS) is 39.1. The molecule has 2 aliphatic rings. The summed E-state index contributed by atoms with van der Waals surface area (Å²) in [5.41, 5.74) is 1.58. The topological polar surface area (TPSA) is 21.3 Å². The Morgan fingerprint density at radius 1 is 1.38 bits per heavy atom. The van der Waals surface area contributed by atoms with Crippen LogP contribution in [0.15, 0.2) is 11.6 Å². The number of allylic oxidation sites excluding steroid dienone is 2. The molecule has 0 amide bonds. The zero-order chi connectivity index (χ0) is 11.5. The van der Waals surface area contributed by atoms with Crippen LogP contribution in [0.1, 0.15) is 39.5 Å². The lowest BCUT2D eigenvalue weighted by Gasteiger charge is -2.36. The lowest BCUT2D eigenvalue weighted by atomic mass is 9.82. The Labute approximate surface area is 99.4 Å². The van der Waals surface area contributed by atoms with Crippen molar-refractivity contribution in [3.63, 3.8) is 0 Å². The molecule has 0 aromatic heterocycles. The van der Waals surface area contributed by atoms with Crippen molar-refractivity contribution < 1.29 is 4.74 Å². The maximum Gasteiger partial charge on any atom is 0.0601 e. The SMILES string of the molecule is COC1CC(NCC2CC(C)=CC(C)C2)C1. The molecule has 1 saturated carbocycles. The molecule has 2 aliphatic carbocycles. The fourth-order valence-electron chi connectivity index (χ4n) is 3.10. The van der Waals surface area contributed by atoms with E-state index in [9.17, 15) is 0 Å². The summed E-state index contributed by atoms with van der Waals surface area (Å²) >= 11 is 0. The van der Waals surface area contributed by atoms with Gasteiger partial charge in [0, 0.05) is 13.2 Å². The predicted molar refractivity (Wildman–Crippen MR) is 67.5 cm³/mol. The lowest BCUT2D eigenvalue weighted by Crippen LogP contribution is -2.46. The van der Waals surface area contributed by atoms with Crippen LogP contribution in [-0.4, -0.2) is 25.8 Å². The molecule has 0 aromatic carbocycles. The van der Waals surface area contributed by atoms with Crippen molar-refractivity contribution in [1.82, 2.24) is 5.32 Å². The van der Waals surface area contributed by atoms with Crippen LogP contribution in [0.3, 0.4) is 0 Å². The van der Waals surface area contributed by atoms with E-state index in [2.05, 4.69) is 25.2 Å². The Kier molecular flexibility index (Phi) is 4.04. The Morgan fingerprint density at radius 2 is 2.12 bits per heavy atom. The Hall–Kier alpha value is -0.340. The van der Waals surface area contributed by atoms with Crippen molar-refractivity contribution in [2.45, 2.75) is 51.7 Å². The quantitative estimate of drug-likeness (QED) is 0.740. The molecule has 0 bridgehead atoms. The molecule has 0 heterocycles. The first-order valence-electron chi connectivity index (χ1n) is 6.61. The highest BCUT2D eigenvalue weighted by Gasteiger charge is 2.29. The minimum absolute atomic E-state index is 0.518. The van der Waals surface area contributed by atoms with E-state index in [4.69, 9.17) is 4.74 Å². The highest BCUT2D eigenvalue weighted by atomic mass is 16.5. The number of hydrogen-bond donors (Lipinski definition) is 1. The standard InChI is InChI=1S/C14H25NO/c1-10-4-11(2)6-12(5-10)9-15-13-7-14(8-13)16-3/h4,10,12-15H,5-9H2,1-3H3. The fraction of sp³-hybridized carbons (Fsp3) is 0.857. The third-order valence-corrected chi connectivity index (χ3v) is 4.01. The van der Waals surface area contributed by atoms with E-state index < -0.39 is 0 Å². The maximum atomic E-state index is 5.29. The summed E-state index contributed by atoms with van der Waals surface area (Å²) in [6.07, 6.45) is 7.99. The van der Waals surface area contributed by atoms with Crippen LogP contribution in [0.25, 0.3) is 0 Å². The van der Waals surface area contributed by atoms with Crippen LogP contribution >= 0.6 is 0 Å². The molecule has 2 rings (SSSR count). The van der Waals surface area contributed by atoms with Crippen LogP contribution in [0, 0.1) is 11.8 Å². The summed E-state index contributed by atoms with van der Waals surface area (Å²) in [5.74, 6) is 1.62. The monoisotopic (exact) mass is 223 g/mol. The van der Waals surface area contributed by atoms with Crippen molar-refractivity contribution >= 4 is 0 Å². The lowest BCUT2D eigenvalue weighted by molar-refractivity contribution is 0.0162. The Balaban J connectivity index is 1.66. The molecule has 2 heteroatoms. The minimum Gasteiger partial charge on any atom is -0.381 e. The van der Waals surface area contributed by atoms with Crippen LogP contribution in [0.4, 0.5) is 0 Å². The van der Waals surface area contributed by atoms with Gasteiger partial charge in [0.25, 0.3) is 0 Å². The predicted octanol–water partition coefficient (Wildman–Crippen LogP) is 2.75. The van der Waals surface area contributed by atoms with E-state index in [1.165, 1.54) is 32.2 Å². The first kappa shape index (κ1) is 12.1. The van der Waals surface area contributed by atoms with E-state index in [0.29, 0.717) is 12.1 Å². The van der Waals surface area contributed by atoms with Gasteiger partial charge in [-0.3, -0.25) is 0 Å². The second-order valence-corrected chi connectivity index (χ2v) is 5.73. The number of hydrogen-bond acceptors (Lipinski definition) is 2. The molecule has 16 heavy (non-hydrogen) atoms. The summed E-state index contributed by atoms with van der Waals surface area (Å²) in [4.78, 5) is 0. The second kappa shape index (κ2) is 5.33. The highest BCUT2D eigenvalue weighted by Crippen LogP contribution is 2.28. The zero-order valence-corrected chi connectivity index (χ0v) is 10.8. The molecular weight excluding hydrogens is 198 g/mol. The average Bonchev–Trinajstić information content (AvgIpc) is 2.14. The fourth-order valence-corrected chi connectivity index (χ4v) is 3.10.